The van der Waals surface area contributed by atoms with Gasteiger partial charge < -0.3 is 4.74 Å². The quantitative estimate of drug-likeness (QED) is 0.694. The fourth-order valence-electron chi connectivity index (χ4n) is 1.55. The van der Waals surface area contributed by atoms with Crippen LogP contribution in [-0.4, -0.2) is 19.2 Å². The van der Waals surface area contributed by atoms with E-state index in [1.165, 1.54) is 0 Å². The number of hydrazone groups is 1. The van der Waals surface area contributed by atoms with Gasteiger partial charge in [-0.3, -0.25) is 4.79 Å². The summed E-state index contributed by atoms with van der Waals surface area (Å²) in [6, 6.07) is 14.0. The molecule has 0 fully saturated rings. The molecule has 1 N–H and O–H groups in total. The first kappa shape index (κ1) is 14.1. The number of carbonyl (C=O) groups is 1. The molecule has 0 bridgehead atoms. The van der Waals surface area contributed by atoms with Crippen LogP contribution in [0.5, 0.6) is 5.75 Å². The van der Waals surface area contributed by atoms with Gasteiger partial charge in [0.15, 0.2) is 0 Å². The zero-order valence-electron chi connectivity index (χ0n) is 10.8. The van der Waals surface area contributed by atoms with Crippen molar-refractivity contribution >= 4 is 23.7 Å². The largest absolute Gasteiger partial charge is 0.497 e. The Balaban J connectivity index is 1.97. The summed E-state index contributed by atoms with van der Waals surface area (Å²) in [6.07, 6.45) is 1.56. The van der Waals surface area contributed by atoms with E-state index in [4.69, 9.17) is 16.3 Å². The van der Waals surface area contributed by atoms with E-state index in [1.807, 2.05) is 24.3 Å². The maximum Gasteiger partial charge on any atom is 0.271 e. The van der Waals surface area contributed by atoms with E-state index < -0.39 is 0 Å². The average molecular weight is 289 g/mol. The fraction of sp³-hybridized carbons (Fsp3) is 0.0667. The normalized spacial score (nSPS) is 10.5. The summed E-state index contributed by atoms with van der Waals surface area (Å²) in [5, 5.41) is 4.41. The second kappa shape index (κ2) is 6.73. The molecule has 0 heterocycles. The molecule has 2 aromatic rings. The maximum absolute atomic E-state index is 11.8. The van der Waals surface area contributed by atoms with Crippen molar-refractivity contribution in [1.29, 1.82) is 0 Å². The molecule has 5 heteroatoms. The van der Waals surface area contributed by atoms with Gasteiger partial charge in [0.2, 0.25) is 0 Å². The minimum atomic E-state index is -0.308. The Morgan fingerprint density at radius 3 is 2.65 bits per heavy atom. The lowest BCUT2D eigenvalue weighted by Gasteiger charge is -2.01. The standard InChI is InChI=1S/C15H13ClN2O2/c1-20-14-7-5-11(6-8-14)10-17-18-15(19)12-3-2-4-13(16)9-12/h2-10H,1H3,(H,18,19)/b17-10-. The molecule has 2 rings (SSSR count). The van der Waals surface area contributed by atoms with Gasteiger partial charge in [-0.15, -0.1) is 0 Å². The molecule has 0 aromatic heterocycles. The van der Waals surface area contributed by atoms with Crippen LogP contribution in [0.15, 0.2) is 53.6 Å². The van der Waals surface area contributed by atoms with Gasteiger partial charge in [-0.25, -0.2) is 5.43 Å². The van der Waals surface area contributed by atoms with Crippen molar-refractivity contribution in [3.05, 3.63) is 64.7 Å². The van der Waals surface area contributed by atoms with Crippen molar-refractivity contribution < 1.29 is 9.53 Å². The maximum atomic E-state index is 11.8. The number of amides is 1. The lowest BCUT2D eigenvalue weighted by Crippen LogP contribution is -2.17. The number of nitrogens with one attached hydrogen (secondary N) is 1. The van der Waals surface area contributed by atoms with Crippen molar-refractivity contribution in [2.24, 2.45) is 5.10 Å². The third kappa shape index (κ3) is 3.83. The Kier molecular flexibility index (Phi) is 4.74. The van der Waals surface area contributed by atoms with Crippen molar-refractivity contribution in [2.45, 2.75) is 0 Å². The third-order valence-corrected chi connectivity index (χ3v) is 2.82. The smallest absolute Gasteiger partial charge is 0.271 e. The molecule has 0 atom stereocenters. The third-order valence-electron chi connectivity index (χ3n) is 2.58. The predicted molar refractivity (Wildman–Crippen MR) is 79.5 cm³/mol. The van der Waals surface area contributed by atoms with Crippen molar-refractivity contribution in [2.75, 3.05) is 7.11 Å². The summed E-state index contributed by atoms with van der Waals surface area (Å²) >= 11 is 5.82. The Labute approximate surface area is 122 Å². The zero-order valence-corrected chi connectivity index (χ0v) is 11.6. The Hall–Kier alpha value is -2.33. The molecule has 102 valence electrons. The van der Waals surface area contributed by atoms with Gasteiger partial charge in [-0.2, -0.15) is 5.10 Å². The lowest BCUT2D eigenvalue weighted by molar-refractivity contribution is 0.0955. The molecule has 0 radical (unpaired) electrons. The SMILES string of the molecule is COc1ccc(/C=N\NC(=O)c2cccc(Cl)c2)cc1. The van der Waals surface area contributed by atoms with Crippen molar-refractivity contribution in [3.8, 4) is 5.75 Å². The highest BCUT2D eigenvalue weighted by Crippen LogP contribution is 2.11. The van der Waals surface area contributed by atoms with E-state index in [2.05, 4.69) is 10.5 Å². The van der Waals surface area contributed by atoms with Crippen molar-refractivity contribution in [3.63, 3.8) is 0 Å². The number of carbonyl (C=O) groups excluding carboxylic acids is 1. The molecule has 1 amide bonds. The molecule has 0 aliphatic heterocycles. The molecule has 0 saturated carbocycles. The van der Waals surface area contributed by atoms with Gasteiger partial charge in [0.25, 0.3) is 5.91 Å². The molecule has 2 aromatic carbocycles. The first-order valence-corrected chi connectivity index (χ1v) is 6.30. The Morgan fingerprint density at radius 2 is 2.00 bits per heavy atom. The number of benzene rings is 2. The van der Waals surface area contributed by atoms with Crippen LogP contribution in [0.4, 0.5) is 0 Å². The van der Waals surface area contributed by atoms with Crippen LogP contribution in [0.3, 0.4) is 0 Å². The number of hydrogen-bond acceptors (Lipinski definition) is 3. The van der Waals surface area contributed by atoms with Crippen LogP contribution in [0, 0.1) is 0 Å². The molecule has 20 heavy (non-hydrogen) atoms. The molecule has 0 unspecified atom stereocenters. The summed E-state index contributed by atoms with van der Waals surface area (Å²) < 4.78 is 5.05. The zero-order chi connectivity index (χ0) is 14.4. The van der Waals surface area contributed by atoms with E-state index in [0.717, 1.165) is 11.3 Å². The summed E-state index contributed by atoms with van der Waals surface area (Å²) in [5.74, 6) is 0.461. The van der Waals surface area contributed by atoms with Crippen molar-refractivity contribution in [1.82, 2.24) is 5.43 Å². The number of ether oxygens (including phenoxy) is 1. The highest BCUT2D eigenvalue weighted by molar-refractivity contribution is 6.30. The molecule has 0 aliphatic rings. The molecular formula is C15H13ClN2O2. The van der Waals surface area contributed by atoms with Crippen LogP contribution in [0.2, 0.25) is 5.02 Å². The monoisotopic (exact) mass is 288 g/mol. The molecular weight excluding hydrogens is 276 g/mol. The number of nitrogens with zero attached hydrogens (tertiary/aromatic N) is 1. The lowest BCUT2D eigenvalue weighted by atomic mass is 10.2. The van der Waals surface area contributed by atoms with Gasteiger partial charge in [0.1, 0.15) is 5.75 Å². The first-order chi connectivity index (χ1) is 9.69. The van der Waals surface area contributed by atoms with Gasteiger partial charge in [-0.05, 0) is 48.0 Å². The summed E-state index contributed by atoms with van der Waals surface area (Å²) in [6.45, 7) is 0. The van der Waals surface area contributed by atoms with E-state index in [9.17, 15) is 4.79 Å². The van der Waals surface area contributed by atoms with Crippen LogP contribution >= 0.6 is 11.6 Å². The minimum Gasteiger partial charge on any atom is -0.497 e. The summed E-state index contributed by atoms with van der Waals surface area (Å²) in [7, 11) is 1.61. The van der Waals surface area contributed by atoms with Crippen LogP contribution in [-0.2, 0) is 0 Å². The fourth-order valence-corrected chi connectivity index (χ4v) is 1.74. The van der Waals surface area contributed by atoms with Gasteiger partial charge >= 0.3 is 0 Å². The Morgan fingerprint density at radius 1 is 1.25 bits per heavy atom. The number of rotatable bonds is 4. The number of hydrogen-bond donors (Lipinski definition) is 1. The predicted octanol–water partition coefficient (Wildman–Crippen LogP) is 3.11. The topological polar surface area (TPSA) is 50.7 Å². The second-order valence-corrected chi connectivity index (χ2v) is 4.42. The first-order valence-electron chi connectivity index (χ1n) is 5.92. The summed E-state index contributed by atoms with van der Waals surface area (Å²) in [5.41, 5.74) is 3.76. The van der Waals surface area contributed by atoms with Crippen LogP contribution in [0.1, 0.15) is 15.9 Å². The van der Waals surface area contributed by atoms with E-state index >= 15 is 0 Å². The highest BCUT2D eigenvalue weighted by atomic mass is 35.5. The van der Waals surface area contributed by atoms with E-state index in [-0.39, 0.29) is 5.91 Å². The summed E-state index contributed by atoms with van der Waals surface area (Å²) in [4.78, 5) is 11.8. The van der Waals surface area contributed by atoms with E-state index in [0.29, 0.717) is 10.6 Å². The second-order valence-electron chi connectivity index (χ2n) is 3.98. The Bertz CT molecular complexity index is 624. The molecule has 4 nitrogen and oxygen atoms in total. The van der Waals surface area contributed by atoms with Gasteiger partial charge in [0.05, 0.1) is 13.3 Å². The van der Waals surface area contributed by atoms with E-state index in [1.54, 1.807) is 37.6 Å². The molecule has 0 saturated heterocycles. The van der Waals surface area contributed by atoms with Gasteiger partial charge in [-0.1, -0.05) is 17.7 Å². The minimum absolute atomic E-state index is 0.308. The van der Waals surface area contributed by atoms with Gasteiger partial charge in [0, 0.05) is 10.6 Å². The number of methoxy groups -OCH3 is 1. The molecule has 0 aliphatic carbocycles. The van der Waals surface area contributed by atoms with Crippen LogP contribution < -0.4 is 10.2 Å². The molecule has 0 spiro atoms. The average Bonchev–Trinajstić information content (AvgIpc) is 2.48. The highest BCUT2D eigenvalue weighted by Gasteiger charge is 2.03. The van der Waals surface area contributed by atoms with Crippen LogP contribution in [0.25, 0.3) is 0 Å². The number of halogens is 1.